The number of methoxy groups -OCH3 is 1. The Labute approximate surface area is 286 Å². The van der Waals surface area contributed by atoms with E-state index in [0.717, 1.165) is 30.0 Å². The average molecular weight is 714 g/mol. The molecule has 0 spiro atoms. The fourth-order valence-corrected chi connectivity index (χ4v) is 4.26. The van der Waals surface area contributed by atoms with Gasteiger partial charge < -0.3 is 41.5 Å². The molecular formula is C35H29F6N5O5. The summed E-state index contributed by atoms with van der Waals surface area (Å²) >= 11 is 0. The Balaban J connectivity index is 0.000000233. The molecule has 0 radical (unpaired) electrons. The summed E-state index contributed by atoms with van der Waals surface area (Å²) in [4.78, 5) is 23.9. The van der Waals surface area contributed by atoms with Gasteiger partial charge in [0.15, 0.2) is 0 Å². The number of anilines is 6. The Morgan fingerprint density at radius 1 is 0.529 bits per heavy atom. The number of hydrogen-bond acceptors (Lipinski definition) is 6. The summed E-state index contributed by atoms with van der Waals surface area (Å²) < 4.78 is 81.0. The van der Waals surface area contributed by atoms with E-state index < -0.39 is 35.5 Å². The van der Waals surface area contributed by atoms with E-state index in [1.54, 1.807) is 6.07 Å². The predicted molar refractivity (Wildman–Crippen MR) is 181 cm³/mol. The van der Waals surface area contributed by atoms with E-state index in [0.29, 0.717) is 11.4 Å². The lowest BCUT2D eigenvalue weighted by Gasteiger charge is -2.12. The van der Waals surface area contributed by atoms with Crippen molar-refractivity contribution >= 4 is 46.2 Å². The molecular weight excluding hydrogens is 684 g/mol. The van der Waals surface area contributed by atoms with Crippen LogP contribution in [-0.2, 0) is 12.4 Å². The number of amides is 4. The maximum atomic E-state index is 12.7. The van der Waals surface area contributed by atoms with Crippen molar-refractivity contribution in [1.82, 2.24) is 0 Å². The molecule has 51 heavy (non-hydrogen) atoms. The molecule has 0 unspecified atom stereocenters. The van der Waals surface area contributed by atoms with E-state index in [4.69, 9.17) is 4.74 Å². The Kier molecular flexibility index (Phi) is 11.8. The van der Waals surface area contributed by atoms with E-state index in [2.05, 4.69) is 26.6 Å². The molecule has 0 fully saturated rings. The minimum Gasteiger partial charge on any atom is -0.506 e. The fraction of sp³-hybridized carbons (Fsp3) is 0.0857. The second kappa shape index (κ2) is 16.2. The van der Waals surface area contributed by atoms with Crippen LogP contribution in [-0.4, -0.2) is 29.4 Å². The number of halogens is 6. The number of ether oxygens (including phenoxy) is 1. The van der Waals surface area contributed by atoms with E-state index in [9.17, 15) is 46.1 Å². The number of nitrogens with one attached hydrogen (secondary N) is 5. The molecule has 7 N–H and O–H groups in total. The molecule has 10 nitrogen and oxygen atoms in total. The summed E-state index contributed by atoms with van der Waals surface area (Å²) in [6.07, 6.45) is -9.01. The first kappa shape index (κ1) is 37.2. The molecule has 16 heteroatoms. The number of para-hydroxylation sites is 1. The highest BCUT2D eigenvalue weighted by Crippen LogP contribution is 2.33. The summed E-state index contributed by atoms with van der Waals surface area (Å²) in [6.45, 7) is 0. The van der Waals surface area contributed by atoms with Crippen LogP contribution in [0.25, 0.3) is 0 Å². The first-order valence-corrected chi connectivity index (χ1v) is 14.6. The maximum absolute atomic E-state index is 12.7. The van der Waals surface area contributed by atoms with Gasteiger partial charge in [-0.25, -0.2) is 9.59 Å². The van der Waals surface area contributed by atoms with E-state index in [-0.39, 0.29) is 34.2 Å². The highest BCUT2D eigenvalue weighted by Gasteiger charge is 2.31. The second-order valence-electron chi connectivity index (χ2n) is 10.4. The maximum Gasteiger partial charge on any atom is 0.416 e. The summed E-state index contributed by atoms with van der Waals surface area (Å²) in [5.74, 6) is 0.00212. The number of phenols is 2. The quantitative estimate of drug-likeness (QED) is 0.0661. The van der Waals surface area contributed by atoms with Gasteiger partial charge in [-0.15, -0.1) is 0 Å². The zero-order valence-electron chi connectivity index (χ0n) is 26.4. The zero-order valence-corrected chi connectivity index (χ0v) is 26.4. The van der Waals surface area contributed by atoms with Crippen molar-refractivity contribution in [2.45, 2.75) is 12.4 Å². The van der Waals surface area contributed by atoms with Gasteiger partial charge in [0.1, 0.15) is 17.2 Å². The van der Waals surface area contributed by atoms with Crippen molar-refractivity contribution in [2.24, 2.45) is 0 Å². The van der Waals surface area contributed by atoms with Crippen LogP contribution in [0.5, 0.6) is 17.2 Å². The molecule has 5 rings (SSSR count). The number of phenolic OH excluding ortho intramolecular Hbond substituents is 2. The molecule has 0 aliphatic heterocycles. The van der Waals surface area contributed by atoms with Gasteiger partial charge in [-0.1, -0.05) is 30.3 Å². The first-order valence-electron chi connectivity index (χ1n) is 14.6. The largest absolute Gasteiger partial charge is 0.506 e. The third-order valence-corrected chi connectivity index (χ3v) is 6.66. The minimum atomic E-state index is -4.51. The molecule has 0 aliphatic rings. The third kappa shape index (κ3) is 11.2. The number of benzene rings is 5. The van der Waals surface area contributed by atoms with Crippen molar-refractivity contribution in [2.75, 3.05) is 33.7 Å². The number of carbonyl (C=O) groups is 2. The fourth-order valence-electron chi connectivity index (χ4n) is 4.26. The molecule has 0 atom stereocenters. The SMILES string of the molecule is COc1ccc(O)c(NC(=O)Nc2cccc(C(F)(F)F)c2)c1.O=C(Nc1cccc(C(F)(F)F)c1)Nc1ccc(Nc2ccccc2)cc1O. The Morgan fingerprint density at radius 3 is 1.57 bits per heavy atom. The van der Waals surface area contributed by atoms with Crippen molar-refractivity contribution in [3.05, 3.63) is 126 Å². The Hall–Kier alpha value is -6.58. The van der Waals surface area contributed by atoms with Crippen molar-refractivity contribution in [1.29, 1.82) is 0 Å². The first-order chi connectivity index (χ1) is 24.1. The number of alkyl halides is 6. The zero-order chi connectivity index (χ0) is 37.2. The molecule has 5 aromatic rings. The lowest BCUT2D eigenvalue weighted by molar-refractivity contribution is -0.138. The topological polar surface area (TPSA) is 144 Å². The summed E-state index contributed by atoms with van der Waals surface area (Å²) in [5.41, 5.74) is -0.188. The van der Waals surface area contributed by atoms with Gasteiger partial charge in [0.05, 0.1) is 29.6 Å². The Morgan fingerprint density at radius 2 is 1.06 bits per heavy atom. The highest BCUT2D eigenvalue weighted by molar-refractivity contribution is 6.01. The van der Waals surface area contributed by atoms with Gasteiger partial charge in [0.2, 0.25) is 0 Å². The van der Waals surface area contributed by atoms with E-state index in [1.807, 2.05) is 30.3 Å². The summed E-state index contributed by atoms with van der Waals surface area (Å²) in [7, 11) is 1.42. The molecule has 5 aromatic carbocycles. The van der Waals surface area contributed by atoms with E-state index >= 15 is 0 Å². The van der Waals surface area contributed by atoms with Crippen LogP contribution in [0.2, 0.25) is 0 Å². The number of aromatic hydroxyl groups is 2. The molecule has 0 bridgehead atoms. The van der Waals surface area contributed by atoms with Crippen molar-refractivity contribution in [3.8, 4) is 17.2 Å². The van der Waals surface area contributed by atoms with Gasteiger partial charge in [-0.3, -0.25) is 0 Å². The molecule has 266 valence electrons. The normalized spacial score (nSPS) is 11.0. The van der Waals surface area contributed by atoms with Crippen LogP contribution in [0.4, 0.5) is 70.1 Å². The van der Waals surface area contributed by atoms with Gasteiger partial charge in [0, 0.05) is 34.9 Å². The summed E-state index contributed by atoms with van der Waals surface area (Å²) in [5, 5.41) is 32.1. The summed E-state index contributed by atoms with van der Waals surface area (Å²) in [6, 6.07) is 24.9. The van der Waals surface area contributed by atoms with Crippen LogP contribution < -0.4 is 31.3 Å². The van der Waals surface area contributed by atoms with Gasteiger partial charge in [-0.2, -0.15) is 26.3 Å². The standard InChI is InChI=1S/C20H16F3N3O2.C15H13F3N2O3/c21-20(22,23)13-5-4-8-15(11-13)25-19(28)26-17-10-9-16(12-18(17)27)24-14-6-2-1-3-7-14;1-23-11-5-6-13(21)12(8-11)20-14(22)19-10-4-2-3-9(7-10)15(16,17)18/h1-12,24,27H,(H2,25,26,28);2-8,21H,1H3,(H2,19,20,22). The lowest BCUT2D eigenvalue weighted by Crippen LogP contribution is -2.20. The second-order valence-corrected chi connectivity index (χ2v) is 10.4. The highest BCUT2D eigenvalue weighted by atomic mass is 19.4. The van der Waals surface area contributed by atoms with Crippen molar-refractivity contribution < 1.29 is 50.9 Å². The van der Waals surface area contributed by atoms with Gasteiger partial charge in [0.25, 0.3) is 0 Å². The average Bonchev–Trinajstić information content (AvgIpc) is 3.07. The Bertz CT molecular complexity index is 1970. The number of urea groups is 2. The van der Waals surface area contributed by atoms with Gasteiger partial charge >= 0.3 is 24.4 Å². The van der Waals surface area contributed by atoms with Crippen LogP contribution in [0.15, 0.2) is 115 Å². The van der Waals surface area contributed by atoms with Crippen LogP contribution in [0.1, 0.15) is 11.1 Å². The van der Waals surface area contributed by atoms with Crippen LogP contribution >= 0.6 is 0 Å². The third-order valence-electron chi connectivity index (χ3n) is 6.66. The molecule has 0 heterocycles. The smallest absolute Gasteiger partial charge is 0.416 e. The number of rotatable bonds is 7. The predicted octanol–water partition coefficient (Wildman–Crippen LogP) is 9.86. The number of hydrogen-bond donors (Lipinski definition) is 7. The molecule has 0 aliphatic carbocycles. The molecule has 0 saturated heterocycles. The molecule has 0 aromatic heterocycles. The van der Waals surface area contributed by atoms with Crippen LogP contribution in [0.3, 0.4) is 0 Å². The molecule has 0 saturated carbocycles. The molecule has 4 amide bonds. The van der Waals surface area contributed by atoms with Crippen molar-refractivity contribution in [3.63, 3.8) is 0 Å². The minimum absolute atomic E-state index is 0.0193. The monoisotopic (exact) mass is 713 g/mol. The lowest BCUT2D eigenvalue weighted by atomic mass is 10.2. The van der Waals surface area contributed by atoms with E-state index in [1.165, 1.54) is 61.7 Å². The van der Waals surface area contributed by atoms with Crippen LogP contribution in [0, 0.1) is 0 Å². The number of carbonyl (C=O) groups excluding carboxylic acids is 2. The van der Waals surface area contributed by atoms with Gasteiger partial charge in [-0.05, 0) is 72.8 Å².